The Hall–Kier alpha value is -2.35. The summed E-state index contributed by atoms with van der Waals surface area (Å²) in [6.45, 7) is 2.04. The summed E-state index contributed by atoms with van der Waals surface area (Å²) in [4.78, 5) is 15.9. The van der Waals surface area contributed by atoms with E-state index in [-0.39, 0.29) is 5.76 Å². The van der Waals surface area contributed by atoms with Gasteiger partial charge in [0.15, 0.2) is 10.8 Å². The van der Waals surface area contributed by atoms with E-state index in [1.165, 1.54) is 18.9 Å². The monoisotopic (exact) mass is 318 g/mol. The highest BCUT2D eigenvalue weighted by atomic mass is 32.2. The minimum absolute atomic E-state index is 0.197. The molecule has 3 aromatic rings. The van der Waals surface area contributed by atoms with Gasteiger partial charge in [-0.3, -0.25) is 4.40 Å². The molecule has 0 fully saturated rings. The van der Waals surface area contributed by atoms with E-state index >= 15 is 0 Å². The molecule has 0 N–H and O–H groups in total. The molecule has 0 unspecified atom stereocenters. The molecule has 0 amide bonds. The van der Waals surface area contributed by atoms with Gasteiger partial charge in [0, 0.05) is 11.8 Å². The third-order valence-electron chi connectivity index (χ3n) is 3.07. The molecule has 7 nitrogen and oxygen atoms in total. The molecule has 0 radical (unpaired) electrons. The number of ether oxygens (including phenoxy) is 1. The van der Waals surface area contributed by atoms with Crippen LogP contribution in [0, 0.1) is 0 Å². The highest BCUT2D eigenvalue weighted by Gasteiger charge is 2.13. The molecule has 3 rings (SSSR count). The van der Waals surface area contributed by atoms with Crippen molar-refractivity contribution in [3.8, 4) is 0 Å². The summed E-state index contributed by atoms with van der Waals surface area (Å²) in [5.74, 6) is 0.937. The van der Waals surface area contributed by atoms with Gasteiger partial charge in [-0.2, -0.15) is 0 Å². The summed E-state index contributed by atoms with van der Waals surface area (Å²) in [6.07, 6.45) is 2.45. The average molecular weight is 318 g/mol. The summed E-state index contributed by atoms with van der Waals surface area (Å²) in [5.41, 5.74) is 1.72. The molecule has 22 heavy (non-hydrogen) atoms. The van der Waals surface area contributed by atoms with Crippen molar-refractivity contribution < 1.29 is 13.9 Å². The number of hydrogen-bond donors (Lipinski definition) is 0. The molecule has 114 valence electrons. The molecule has 3 heterocycles. The lowest BCUT2D eigenvalue weighted by molar-refractivity contribution is 0.0563. The minimum Gasteiger partial charge on any atom is -0.463 e. The smallest absolute Gasteiger partial charge is 0.373 e. The topological polar surface area (TPSA) is 82.5 Å². The lowest BCUT2D eigenvalue weighted by Gasteiger charge is -2.05. The Morgan fingerprint density at radius 2 is 2.32 bits per heavy atom. The van der Waals surface area contributed by atoms with Crippen molar-refractivity contribution >= 4 is 23.4 Å². The van der Waals surface area contributed by atoms with Crippen molar-refractivity contribution in [3.63, 3.8) is 0 Å². The first-order chi connectivity index (χ1) is 10.7. The molecule has 0 spiro atoms. The molecule has 3 aromatic heterocycles. The molecular formula is C14H14N4O3S. The molecule has 8 heteroatoms. The molecule has 0 aromatic carbocycles. The number of nitrogens with zero attached hydrogens (tertiary/aromatic N) is 4. The van der Waals surface area contributed by atoms with Gasteiger partial charge in [0.05, 0.1) is 12.9 Å². The van der Waals surface area contributed by atoms with Gasteiger partial charge in [0.1, 0.15) is 12.1 Å². The molecule has 0 aliphatic carbocycles. The number of aromatic nitrogens is 4. The van der Waals surface area contributed by atoms with Crippen LogP contribution in [-0.2, 0) is 16.9 Å². The Bertz CT molecular complexity index is 811. The Balaban J connectivity index is 1.80. The zero-order valence-electron chi connectivity index (χ0n) is 12.1. The summed E-state index contributed by atoms with van der Waals surface area (Å²) < 4.78 is 11.9. The number of methoxy groups -OCH3 is 1. The summed E-state index contributed by atoms with van der Waals surface area (Å²) >= 11 is 1.50. The van der Waals surface area contributed by atoms with Gasteiger partial charge < -0.3 is 9.15 Å². The highest BCUT2D eigenvalue weighted by molar-refractivity contribution is 7.98. The Morgan fingerprint density at radius 1 is 1.45 bits per heavy atom. The molecular weight excluding hydrogens is 304 g/mol. The zero-order chi connectivity index (χ0) is 15.5. The van der Waals surface area contributed by atoms with Crippen molar-refractivity contribution in [3.05, 3.63) is 41.7 Å². The third kappa shape index (κ3) is 2.82. The van der Waals surface area contributed by atoms with E-state index in [0.29, 0.717) is 11.5 Å². The summed E-state index contributed by atoms with van der Waals surface area (Å²) in [7, 11) is 1.32. The van der Waals surface area contributed by atoms with Crippen LogP contribution in [-0.4, -0.2) is 32.7 Å². The predicted octanol–water partition coefficient (Wildman–Crippen LogP) is 2.36. The van der Waals surface area contributed by atoms with Gasteiger partial charge in [-0.05, 0) is 18.6 Å². The van der Waals surface area contributed by atoms with Crippen LogP contribution in [0.2, 0.25) is 0 Å². The van der Waals surface area contributed by atoms with E-state index < -0.39 is 5.97 Å². The second-order valence-corrected chi connectivity index (χ2v) is 5.43. The normalized spacial score (nSPS) is 11.0. The first-order valence-corrected chi connectivity index (χ1v) is 7.69. The molecule has 0 aliphatic heterocycles. The third-order valence-corrected chi connectivity index (χ3v) is 4.04. The maximum atomic E-state index is 11.4. The van der Waals surface area contributed by atoms with E-state index in [0.717, 1.165) is 22.9 Å². The van der Waals surface area contributed by atoms with Crippen molar-refractivity contribution in [2.24, 2.45) is 0 Å². The lowest BCUT2D eigenvalue weighted by atomic mass is 10.3. The second kappa shape index (κ2) is 6.18. The maximum absolute atomic E-state index is 11.4. The molecule has 0 aliphatic rings. The van der Waals surface area contributed by atoms with Gasteiger partial charge in [0.2, 0.25) is 5.76 Å². The Kier molecular flexibility index (Phi) is 4.10. The van der Waals surface area contributed by atoms with Crippen LogP contribution in [0.5, 0.6) is 0 Å². The number of esters is 1. The SMILES string of the molecule is CCc1cc2nncn2c(SCc2ccc(C(=O)OC)o2)n1. The fourth-order valence-corrected chi connectivity index (χ4v) is 2.82. The van der Waals surface area contributed by atoms with Crippen LogP contribution >= 0.6 is 11.8 Å². The average Bonchev–Trinajstić information content (AvgIpc) is 3.20. The van der Waals surface area contributed by atoms with Crippen molar-refractivity contribution in [2.75, 3.05) is 7.11 Å². The first kappa shape index (κ1) is 14.6. The minimum atomic E-state index is -0.483. The van der Waals surface area contributed by atoms with E-state index in [9.17, 15) is 4.79 Å². The van der Waals surface area contributed by atoms with E-state index in [1.54, 1.807) is 18.5 Å². The van der Waals surface area contributed by atoms with E-state index in [1.807, 2.05) is 17.4 Å². The van der Waals surface area contributed by atoms with Gasteiger partial charge >= 0.3 is 5.97 Å². The highest BCUT2D eigenvalue weighted by Crippen LogP contribution is 2.23. The first-order valence-electron chi connectivity index (χ1n) is 6.70. The number of thioether (sulfide) groups is 1. The fourth-order valence-electron chi connectivity index (χ4n) is 1.93. The molecule has 0 saturated carbocycles. The second-order valence-electron chi connectivity index (χ2n) is 4.49. The lowest BCUT2D eigenvalue weighted by Crippen LogP contribution is -1.99. The number of rotatable bonds is 5. The van der Waals surface area contributed by atoms with Crippen LogP contribution < -0.4 is 0 Å². The molecule has 0 bridgehead atoms. The van der Waals surface area contributed by atoms with Crippen LogP contribution in [0.15, 0.2) is 34.1 Å². The standard InChI is InChI=1S/C14H14N4O3S/c1-3-9-6-12-17-15-8-18(12)14(16-9)22-7-10-4-5-11(21-10)13(19)20-2/h4-6,8H,3,7H2,1-2H3. The van der Waals surface area contributed by atoms with Gasteiger partial charge in [-0.15, -0.1) is 10.2 Å². The number of aryl methyl sites for hydroxylation is 1. The predicted molar refractivity (Wildman–Crippen MR) is 79.8 cm³/mol. The van der Waals surface area contributed by atoms with Crippen molar-refractivity contribution in [1.29, 1.82) is 0 Å². The number of furan rings is 1. The largest absolute Gasteiger partial charge is 0.463 e. The Morgan fingerprint density at radius 3 is 3.09 bits per heavy atom. The number of carbonyl (C=O) groups excluding carboxylic acids is 1. The van der Waals surface area contributed by atoms with Crippen molar-refractivity contribution in [1.82, 2.24) is 19.6 Å². The number of hydrogen-bond acceptors (Lipinski definition) is 7. The zero-order valence-corrected chi connectivity index (χ0v) is 13.0. The van der Waals surface area contributed by atoms with Crippen molar-refractivity contribution in [2.45, 2.75) is 24.3 Å². The fraction of sp³-hybridized carbons (Fsp3) is 0.286. The maximum Gasteiger partial charge on any atom is 0.373 e. The van der Waals surface area contributed by atoms with Crippen LogP contribution in [0.1, 0.15) is 28.9 Å². The number of fused-ring (bicyclic) bond motifs is 1. The summed E-state index contributed by atoms with van der Waals surface area (Å²) in [5, 5.41) is 8.75. The van der Waals surface area contributed by atoms with Gasteiger partial charge in [-0.1, -0.05) is 18.7 Å². The summed E-state index contributed by atoms with van der Waals surface area (Å²) in [6, 6.07) is 5.28. The van der Waals surface area contributed by atoms with E-state index in [2.05, 4.69) is 19.9 Å². The molecule has 0 atom stereocenters. The van der Waals surface area contributed by atoms with Crippen LogP contribution in [0.4, 0.5) is 0 Å². The van der Waals surface area contributed by atoms with Gasteiger partial charge in [-0.25, -0.2) is 9.78 Å². The van der Waals surface area contributed by atoms with Crippen LogP contribution in [0.25, 0.3) is 5.65 Å². The Labute approximate surface area is 130 Å². The van der Waals surface area contributed by atoms with E-state index in [4.69, 9.17) is 4.42 Å². The molecule has 0 saturated heterocycles. The number of carbonyl (C=O) groups is 1. The quantitative estimate of drug-likeness (QED) is 0.405. The van der Waals surface area contributed by atoms with Gasteiger partial charge in [0.25, 0.3) is 0 Å². The van der Waals surface area contributed by atoms with Crippen LogP contribution in [0.3, 0.4) is 0 Å².